The number of thiazole rings is 1. The molecule has 2 heterocycles. The molecule has 2 aromatic rings. The average Bonchev–Trinajstić information content (AvgIpc) is 3.06. The predicted molar refractivity (Wildman–Crippen MR) is 82.3 cm³/mol. The van der Waals surface area contributed by atoms with Gasteiger partial charge in [-0.15, -0.1) is 11.3 Å². The van der Waals surface area contributed by atoms with Crippen LogP contribution < -0.4 is 5.32 Å². The van der Waals surface area contributed by atoms with Crippen LogP contribution in [-0.2, 0) is 28.5 Å². The molecule has 0 aliphatic heterocycles. The first-order valence-corrected chi connectivity index (χ1v) is 7.67. The van der Waals surface area contributed by atoms with E-state index in [1.54, 1.807) is 13.1 Å². The fourth-order valence-corrected chi connectivity index (χ4v) is 2.68. The fourth-order valence-electron chi connectivity index (χ4n) is 1.80. The summed E-state index contributed by atoms with van der Waals surface area (Å²) in [6, 6.07) is 1.95. The number of hydrogen-bond acceptors (Lipinski definition) is 6. The summed E-state index contributed by atoms with van der Waals surface area (Å²) in [6.07, 6.45) is 1.76. The molecule has 0 unspecified atom stereocenters. The lowest BCUT2D eigenvalue weighted by Gasteiger charge is -2.19. The third kappa shape index (κ3) is 3.41. The Hall–Kier alpha value is -1.89. The summed E-state index contributed by atoms with van der Waals surface area (Å²) in [4.78, 5) is 16.5. The Labute approximate surface area is 128 Å². The van der Waals surface area contributed by atoms with Crippen molar-refractivity contribution in [1.82, 2.24) is 14.8 Å². The van der Waals surface area contributed by atoms with E-state index in [-0.39, 0.29) is 5.97 Å². The molecule has 2 rings (SSSR count). The van der Waals surface area contributed by atoms with Gasteiger partial charge in [-0.1, -0.05) is 0 Å². The third-order valence-electron chi connectivity index (χ3n) is 3.27. The van der Waals surface area contributed by atoms with Crippen LogP contribution in [0.5, 0.6) is 0 Å². The van der Waals surface area contributed by atoms with Crippen molar-refractivity contribution in [2.24, 2.45) is 7.05 Å². The number of nitrogens with zero attached hydrogens (tertiary/aromatic N) is 3. The third-order valence-corrected chi connectivity index (χ3v) is 4.07. The van der Waals surface area contributed by atoms with Crippen molar-refractivity contribution in [3.05, 3.63) is 29.0 Å². The molecule has 0 radical (unpaired) electrons. The van der Waals surface area contributed by atoms with Gasteiger partial charge < -0.3 is 10.1 Å². The average molecular weight is 308 g/mol. The first-order chi connectivity index (χ1) is 9.95. The van der Waals surface area contributed by atoms with Crippen molar-refractivity contribution < 1.29 is 9.53 Å². The molecular weight excluding hydrogens is 288 g/mol. The molecule has 1 N–H and O–H groups in total. The van der Waals surface area contributed by atoms with Crippen molar-refractivity contribution in [1.29, 1.82) is 0 Å². The van der Waals surface area contributed by atoms with E-state index in [1.165, 1.54) is 11.3 Å². The lowest BCUT2D eigenvalue weighted by molar-refractivity contribution is -0.148. The standard InChI is InChI=1S/C14H20N4O2S/c1-5-20-12(19)14(2,3)11-9-21-13(17-11)15-8-10-6-7-16-18(10)4/h6-7,9H,5,8H2,1-4H3,(H,15,17). The molecule has 0 spiro atoms. The van der Waals surface area contributed by atoms with Gasteiger partial charge in [-0.2, -0.15) is 5.10 Å². The van der Waals surface area contributed by atoms with Crippen LogP contribution in [0.15, 0.2) is 17.6 Å². The number of esters is 1. The Balaban J connectivity index is 2.04. The predicted octanol–water partition coefficient (Wildman–Crippen LogP) is 2.33. The highest BCUT2D eigenvalue weighted by Gasteiger charge is 2.33. The Morgan fingerprint density at radius 1 is 1.52 bits per heavy atom. The number of carbonyl (C=O) groups is 1. The first-order valence-electron chi connectivity index (χ1n) is 6.79. The second-order valence-electron chi connectivity index (χ2n) is 5.18. The molecule has 0 fully saturated rings. The van der Waals surface area contributed by atoms with E-state index >= 15 is 0 Å². The number of carbonyl (C=O) groups excluding carboxylic acids is 1. The largest absolute Gasteiger partial charge is 0.465 e. The van der Waals surface area contributed by atoms with E-state index in [0.29, 0.717) is 13.2 Å². The molecule has 0 saturated heterocycles. The van der Waals surface area contributed by atoms with Crippen LogP contribution in [0.25, 0.3) is 0 Å². The normalized spacial score (nSPS) is 11.4. The molecule has 0 amide bonds. The number of hydrogen-bond donors (Lipinski definition) is 1. The number of anilines is 1. The van der Waals surface area contributed by atoms with Gasteiger partial charge >= 0.3 is 5.97 Å². The van der Waals surface area contributed by atoms with Gasteiger partial charge in [0.15, 0.2) is 5.13 Å². The Morgan fingerprint density at radius 3 is 2.90 bits per heavy atom. The molecule has 0 bridgehead atoms. The van der Waals surface area contributed by atoms with E-state index in [0.717, 1.165) is 16.5 Å². The van der Waals surface area contributed by atoms with Crippen molar-refractivity contribution >= 4 is 22.4 Å². The monoisotopic (exact) mass is 308 g/mol. The Kier molecular flexibility index (Phi) is 4.62. The number of rotatable bonds is 6. The summed E-state index contributed by atoms with van der Waals surface area (Å²) >= 11 is 1.48. The zero-order valence-electron chi connectivity index (χ0n) is 12.7. The van der Waals surface area contributed by atoms with Crippen molar-refractivity contribution in [2.45, 2.75) is 32.7 Å². The summed E-state index contributed by atoms with van der Waals surface area (Å²) in [6.45, 7) is 6.47. The lowest BCUT2D eigenvalue weighted by Crippen LogP contribution is -2.31. The number of ether oxygens (including phenoxy) is 1. The summed E-state index contributed by atoms with van der Waals surface area (Å²) in [5, 5.41) is 10.0. The van der Waals surface area contributed by atoms with Crippen molar-refractivity contribution in [3.63, 3.8) is 0 Å². The van der Waals surface area contributed by atoms with E-state index < -0.39 is 5.41 Å². The number of nitrogens with one attached hydrogen (secondary N) is 1. The maximum atomic E-state index is 12.0. The summed E-state index contributed by atoms with van der Waals surface area (Å²) in [5.41, 5.74) is 1.05. The van der Waals surface area contributed by atoms with Crippen LogP contribution in [0, 0.1) is 0 Å². The van der Waals surface area contributed by atoms with Crippen LogP contribution in [0.1, 0.15) is 32.2 Å². The van der Waals surface area contributed by atoms with Crippen LogP contribution in [0.2, 0.25) is 0 Å². The smallest absolute Gasteiger partial charge is 0.317 e. The highest BCUT2D eigenvalue weighted by molar-refractivity contribution is 7.13. The number of aromatic nitrogens is 3. The van der Waals surface area contributed by atoms with Gasteiger partial charge in [0.2, 0.25) is 0 Å². The molecule has 2 aromatic heterocycles. The Bertz CT molecular complexity index is 618. The minimum absolute atomic E-state index is 0.256. The van der Waals surface area contributed by atoms with E-state index in [2.05, 4.69) is 15.4 Å². The van der Waals surface area contributed by atoms with Gasteiger partial charge in [0.25, 0.3) is 0 Å². The van der Waals surface area contributed by atoms with Gasteiger partial charge in [-0.05, 0) is 26.8 Å². The molecule has 0 aliphatic carbocycles. The molecule has 114 valence electrons. The number of aryl methyl sites for hydroxylation is 1. The molecule has 6 nitrogen and oxygen atoms in total. The SMILES string of the molecule is CCOC(=O)C(C)(C)c1csc(NCc2ccnn2C)n1. The van der Waals surface area contributed by atoms with Gasteiger partial charge in [0, 0.05) is 18.6 Å². The first kappa shape index (κ1) is 15.5. The topological polar surface area (TPSA) is 69.0 Å². The lowest BCUT2D eigenvalue weighted by atomic mass is 9.90. The zero-order valence-corrected chi connectivity index (χ0v) is 13.5. The van der Waals surface area contributed by atoms with Crippen molar-refractivity contribution in [2.75, 3.05) is 11.9 Å². The minimum atomic E-state index is -0.737. The fraction of sp³-hybridized carbons (Fsp3) is 0.500. The van der Waals surface area contributed by atoms with Gasteiger partial charge in [0.05, 0.1) is 24.5 Å². The highest BCUT2D eigenvalue weighted by Crippen LogP contribution is 2.28. The van der Waals surface area contributed by atoms with Gasteiger partial charge in [-0.25, -0.2) is 4.98 Å². The molecular formula is C14H20N4O2S. The zero-order chi connectivity index (χ0) is 15.5. The second kappa shape index (κ2) is 6.26. The Morgan fingerprint density at radius 2 is 2.29 bits per heavy atom. The van der Waals surface area contributed by atoms with Crippen LogP contribution in [-0.4, -0.2) is 27.3 Å². The van der Waals surface area contributed by atoms with E-state index in [1.807, 2.05) is 37.0 Å². The minimum Gasteiger partial charge on any atom is -0.465 e. The second-order valence-corrected chi connectivity index (χ2v) is 6.04. The molecule has 0 aromatic carbocycles. The quantitative estimate of drug-likeness (QED) is 0.830. The molecule has 0 saturated carbocycles. The van der Waals surface area contributed by atoms with Gasteiger partial charge in [0.1, 0.15) is 5.41 Å². The van der Waals surface area contributed by atoms with Crippen LogP contribution >= 0.6 is 11.3 Å². The van der Waals surface area contributed by atoms with Crippen molar-refractivity contribution in [3.8, 4) is 0 Å². The summed E-state index contributed by atoms with van der Waals surface area (Å²) in [5.74, 6) is -0.256. The molecule has 7 heteroatoms. The summed E-state index contributed by atoms with van der Waals surface area (Å²) in [7, 11) is 1.90. The maximum Gasteiger partial charge on any atom is 0.317 e. The highest BCUT2D eigenvalue weighted by atomic mass is 32.1. The maximum absolute atomic E-state index is 12.0. The van der Waals surface area contributed by atoms with Gasteiger partial charge in [-0.3, -0.25) is 9.48 Å². The van der Waals surface area contributed by atoms with E-state index in [9.17, 15) is 4.79 Å². The molecule has 21 heavy (non-hydrogen) atoms. The summed E-state index contributed by atoms with van der Waals surface area (Å²) < 4.78 is 6.91. The van der Waals surface area contributed by atoms with E-state index in [4.69, 9.17) is 4.74 Å². The molecule has 0 aliphatic rings. The van der Waals surface area contributed by atoms with Crippen LogP contribution in [0.4, 0.5) is 5.13 Å². The van der Waals surface area contributed by atoms with Crippen LogP contribution in [0.3, 0.4) is 0 Å². The molecule has 0 atom stereocenters.